The molecule has 0 aliphatic carbocycles. The Bertz CT molecular complexity index is 578. The first-order valence-electron chi connectivity index (χ1n) is 5.67. The van der Waals surface area contributed by atoms with Gasteiger partial charge in [0, 0.05) is 19.5 Å². The quantitative estimate of drug-likeness (QED) is 0.853. The molecule has 1 aromatic heterocycles. The zero-order chi connectivity index (χ0) is 13.3. The summed E-state index contributed by atoms with van der Waals surface area (Å²) in [6.07, 6.45) is 1.61. The van der Waals surface area contributed by atoms with Crippen molar-refractivity contribution < 1.29 is 8.78 Å². The van der Waals surface area contributed by atoms with E-state index in [9.17, 15) is 8.78 Å². The zero-order valence-corrected chi connectivity index (χ0v) is 10.2. The standard InChI is InChI=1S/C12H14F2N4/c1-3-4-11-16-12(18(2)17-11)7-5-10(15)9(14)6-8(7)13/h5-6H,3-4,15H2,1-2H3. The summed E-state index contributed by atoms with van der Waals surface area (Å²) in [5.41, 5.74) is 5.50. The van der Waals surface area contributed by atoms with Gasteiger partial charge in [0.25, 0.3) is 0 Å². The monoisotopic (exact) mass is 252 g/mol. The molecule has 0 aliphatic heterocycles. The average molecular weight is 252 g/mol. The molecule has 0 fully saturated rings. The second-order valence-electron chi connectivity index (χ2n) is 4.08. The lowest BCUT2D eigenvalue weighted by Gasteiger charge is -2.04. The molecule has 0 amide bonds. The van der Waals surface area contributed by atoms with Gasteiger partial charge in [-0.25, -0.2) is 18.4 Å². The van der Waals surface area contributed by atoms with Crippen molar-refractivity contribution >= 4 is 5.69 Å². The second kappa shape index (κ2) is 4.72. The Kier molecular flexibility index (Phi) is 3.27. The Hall–Kier alpha value is -1.98. The van der Waals surface area contributed by atoms with Gasteiger partial charge in [-0.1, -0.05) is 6.92 Å². The van der Waals surface area contributed by atoms with E-state index in [0.29, 0.717) is 18.1 Å². The van der Waals surface area contributed by atoms with Crippen molar-refractivity contribution in [2.75, 3.05) is 5.73 Å². The molecule has 6 heteroatoms. The number of aromatic nitrogens is 3. The number of rotatable bonds is 3. The number of hydrogen-bond acceptors (Lipinski definition) is 3. The second-order valence-corrected chi connectivity index (χ2v) is 4.08. The number of anilines is 1. The van der Waals surface area contributed by atoms with E-state index in [1.54, 1.807) is 7.05 Å². The fourth-order valence-corrected chi connectivity index (χ4v) is 1.74. The summed E-state index contributed by atoms with van der Waals surface area (Å²) in [6.45, 7) is 2.01. The van der Waals surface area contributed by atoms with E-state index in [-0.39, 0.29) is 11.3 Å². The van der Waals surface area contributed by atoms with Crippen molar-refractivity contribution in [1.82, 2.24) is 14.8 Å². The summed E-state index contributed by atoms with van der Waals surface area (Å²) >= 11 is 0. The van der Waals surface area contributed by atoms with Crippen molar-refractivity contribution in [3.05, 3.63) is 29.6 Å². The average Bonchev–Trinajstić information content (AvgIpc) is 2.65. The van der Waals surface area contributed by atoms with Crippen LogP contribution in [-0.2, 0) is 13.5 Å². The van der Waals surface area contributed by atoms with E-state index < -0.39 is 11.6 Å². The van der Waals surface area contributed by atoms with Crippen LogP contribution in [0.5, 0.6) is 0 Å². The van der Waals surface area contributed by atoms with Crippen LogP contribution in [0.2, 0.25) is 0 Å². The largest absolute Gasteiger partial charge is 0.396 e. The molecule has 0 bridgehead atoms. The molecule has 0 spiro atoms. The van der Waals surface area contributed by atoms with Gasteiger partial charge in [-0.05, 0) is 12.5 Å². The van der Waals surface area contributed by atoms with Crippen LogP contribution in [0.4, 0.5) is 14.5 Å². The van der Waals surface area contributed by atoms with E-state index in [1.165, 1.54) is 10.7 Å². The number of hydrogen-bond donors (Lipinski definition) is 1. The van der Waals surface area contributed by atoms with Gasteiger partial charge in [0.15, 0.2) is 11.6 Å². The van der Waals surface area contributed by atoms with E-state index in [2.05, 4.69) is 10.1 Å². The third-order valence-corrected chi connectivity index (χ3v) is 2.61. The summed E-state index contributed by atoms with van der Waals surface area (Å²) in [7, 11) is 1.67. The molecular weight excluding hydrogens is 238 g/mol. The number of nitrogens with two attached hydrogens (primary N) is 1. The van der Waals surface area contributed by atoms with E-state index in [1.807, 2.05) is 6.92 Å². The normalized spacial score (nSPS) is 10.9. The highest BCUT2D eigenvalue weighted by atomic mass is 19.1. The van der Waals surface area contributed by atoms with Crippen LogP contribution in [0.15, 0.2) is 12.1 Å². The number of nitrogen functional groups attached to an aromatic ring is 1. The molecule has 0 radical (unpaired) electrons. The molecule has 2 aromatic rings. The van der Waals surface area contributed by atoms with E-state index >= 15 is 0 Å². The molecule has 0 saturated heterocycles. The minimum Gasteiger partial charge on any atom is -0.396 e. The summed E-state index contributed by atoms with van der Waals surface area (Å²) in [4.78, 5) is 4.24. The number of halogens is 2. The highest BCUT2D eigenvalue weighted by Crippen LogP contribution is 2.25. The minimum absolute atomic E-state index is 0.105. The molecule has 0 aliphatic rings. The highest BCUT2D eigenvalue weighted by Gasteiger charge is 2.15. The molecule has 96 valence electrons. The number of benzene rings is 1. The van der Waals surface area contributed by atoms with Crippen LogP contribution in [0, 0.1) is 11.6 Å². The topological polar surface area (TPSA) is 56.7 Å². The molecule has 4 nitrogen and oxygen atoms in total. The van der Waals surface area contributed by atoms with Crippen molar-refractivity contribution in [2.24, 2.45) is 7.05 Å². The van der Waals surface area contributed by atoms with Gasteiger partial charge in [0.1, 0.15) is 11.6 Å². The minimum atomic E-state index is -0.771. The highest BCUT2D eigenvalue weighted by molar-refractivity contribution is 5.62. The third-order valence-electron chi connectivity index (χ3n) is 2.61. The van der Waals surface area contributed by atoms with Crippen LogP contribution < -0.4 is 5.73 Å². The van der Waals surface area contributed by atoms with Gasteiger partial charge < -0.3 is 5.73 Å². The molecule has 2 rings (SSSR count). The van der Waals surface area contributed by atoms with E-state index in [0.717, 1.165) is 12.5 Å². The van der Waals surface area contributed by atoms with Crippen molar-refractivity contribution in [3.63, 3.8) is 0 Å². The number of aryl methyl sites for hydroxylation is 2. The predicted molar refractivity (Wildman–Crippen MR) is 64.8 cm³/mol. The Morgan fingerprint density at radius 3 is 2.67 bits per heavy atom. The lowest BCUT2D eigenvalue weighted by molar-refractivity contribution is 0.586. The van der Waals surface area contributed by atoms with Crippen LogP contribution in [0.25, 0.3) is 11.4 Å². The summed E-state index contributed by atoms with van der Waals surface area (Å²) in [6, 6.07) is 2.00. The fourth-order valence-electron chi connectivity index (χ4n) is 1.74. The smallest absolute Gasteiger partial charge is 0.161 e. The molecule has 18 heavy (non-hydrogen) atoms. The van der Waals surface area contributed by atoms with Crippen molar-refractivity contribution in [1.29, 1.82) is 0 Å². The van der Waals surface area contributed by atoms with Crippen LogP contribution in [-0.4, -0.2) is 14.8 Å². The van der Waals surface area contributed by atoms with Crippen LogP contribution in [0.3, 0.4) is 0 Å². The molecule has 0 atom stereocenters. The molecule has 1 aromatic carbocycles. The SMILES string of the molecule is CCCc1nc(-c2cc(N)c(F)cc2F)n(C)n1. The maximum atomic E-state index is 13.7. The summed E-state index contributed by atoms with van der Waals surface area (Å²) in [5.74, 6) is -0.479. The molecule has 2 N–H and O–H groups in total. The molecule has 1 heterocycles. The fraction of sp³-hybridized carbons (Fsp3) is 0.333. The van der Waals surface area contributed by atoms with Crippen molar-refractivity contribution in [3.8, 4) is 11.4 Å². The van der Waals surface area contributed by atoms with Crippen molar-refractivity contribution in [2.45, 2.75) is 19.8 Å². The Labute approximate surface area is 103 Å². The van der Waals surface area contributed by atoms with Crippen LogP contribution in [0.1, 0.15) is 19.2 Å². The summed E-state index contributed by atoms with van der Waals surface area (Å²) < 4.78 is 28.3. The first-order chi connectivity index (χ1) is 8.52. The predicted octanol–water partition coefficient (Wildman–Crippen LogP) is 2.30. The Morgan fingerprint density at radius 1 is 1.28 bits per heavy atom. The molecule has 0 unspecified atom stereocenters. The first-order valence-corrected chi connectivity index (χ1v) is 5.67. The Morgan fingerprint density at radius 2 is 2.00 bits per heavy atom. The Balaban J connectivity index is 2.51. The number of nitrogens with zero attached hydrogens (tertiary/aromatic N) is 3. The first kappa shape index (κ1) is 12.5. The molecular formula is C12H14F2N4. The maximum absolute atomic E-state index is 13.7. The maximum Gasteiger partial charge on any atom is 0.161 e. The lowest BCUT2D eigenvalue weighted by atomic mass is 10.1. The van der Waals surface area contributed by atoms with Gasteiger partial charge >= 0.3 is 0 Å². The third kappa shape index (κ3) is 2.18. The van der Waals surface area contributed by atoms with Gasteiger partial charge in [-0.15, -0.1) is 0 Å². The molecule has 0 saturated carbocycles. The van der Waals surface area contributed by atoms with Gasteiger partial charge in [-0.3, -0.25) is 0 Å². The van der Waals surface area contributed by atoms with Gasteiger partial charge in [0.05, 0.1) is 11.3 Å². The summed E-state index contributed by atoms with van der Waals surface area (Å²) in [5, 5.41) is 4.17. The van der Waals surface area contributed by atoms with Crippen LogP contribution >= 0.6 is 0 Å². The zero-order valence-electron chi connectivity index (χ0n) is 10.2. The van der Waals surface area contributed by atoms with E-state index in [4.69, 9.17) is 5.73 Å². The van der Waals surface area contributed by atoms with Gasteiger partial charge in [-0.2, -0.15) is 5.10 Å². The lowest BCUT2D eigenvalue weighted by Crippen LogP contribution is -1.99. The van der Waals surface area contributed by atoms with Gasteiger partial charge in [0.2, 0.25) is 0 Å².